The molecule has 1 saturated carbocycles. The van der Waals surface area contributed by atoms with Gasteiger partial charge in [-0.15, -0.1) is 0 Å². The third-order valence-corrected chi connectivity index (χ3v) is 4.36. The molecule has 0 bridgehead atoms. The van der Waals surface area contributed by atoms with E-state index in [1.54, 1.807) is 0 Å². The lowest BCUT2D eigenvalue weighted by Gasteiger charge is -2.36. The molecule has 1 aliphatic heterocycles. The summed E-state index contributed by atoms with van der Waals surface area (Å²) in [6, 6.07) is 0.932. The van der Waals surface area contributed by atoms with Gasteiger partial charge < -0.3 is 4.90 Å². The molecule has 1 saturated heterocycles. The van der Waals surface area contributed by atoms with Gasteiger partial charge in [-0.1, -0.05) is 13.8 Å². The molecule has 0 aromatic heterocycles. The third kappa shape index (κ3) is 1.76. The summed E-state index contributed by atoms with van der Waals surface area (Å²) in [5.41, 5.74) is 0. The third-order valence-electron chi connectivity index (χ3n) is 4.36. The number of likely N-dealkylation sites (tertiary alicyclic amines) is 1. The van der Waals surface area contributed by atoms with Crippen molar-refractivity contribution in [2.75, 3.05) is 13.6 Å². The second-order valence-corrected chi connectivity index (χ2v) is 5.41. The summed E-state index contributed by atoms with van der Waals surface area (Å²) >= 11 is 0. The smallest absolute Gasteiger partial charge is 0.0124 e. The van der Waals surface area contributed by atoms with E-state index in [9.17, 15) is 0 Å². The van der Waals surface area contributed by atoms with E-state index in [0.717, 1.165) is 23.8 Å². The average Bonchev–Trinajstić information content (AvgIpc) is 2.47. The summed E-state index contributed by atoms with van der Waals surface area (Å²) in [5.74, 6) is 2.94. The number of hydrogen-bond acceptors (Lipinski definition) is 1. The fourth-order valence-corrected chi connectivity index (χ4v) is 3.26. The largest absolute Gasteiger partial charge is 0.303 e. The molecule has 0 aromatic rings. The van der Waals surface area contributed by atoms with E-state index in [2.05, 4.69) is 25.8 Å². The van der Waals surface area contributed by atoms with Gasteiger partial charge in [-0.25, -0.2) is 0 Å². The van der Waals surface area contributed by atoms with E-state index in [1.807, 2.05) is 0 Å². The summed E-state index contributed by atoms with van der Waals surface area (Å²) in [6.45, 7) is 6.13. The maximum Gasteiger partial charge on any atom is 0.0124 e. The van der Waals surface area contributed by atoms with Gasteiger partial charge >= 0.3 is 0 Å². The Bertz CT molecular complexity index is 176. The molecule has 2 rings (SSSR count). The first-order valence-corrected chi connectivity index (χ1v) is 5.88. The second-order valence-electron chi connectivity index (χ2n) is 5.41. The quantitative estimate of drug-likeness (QED) is 0.601. The van der Waals surface area contributed by atoms with Crippen LogP contribution in [0, 0.1) is 17.8 Å². The van der Waals surface area contributed by atoms with Crippen LogP contribution >= 0.6 is 0 Å². The maximum atomic E-state index is 2.60. The number of rotatable bonds is 1. The highest BCUT2D eigenvalue weighted by molar-refractivity contribution is 4.91. The molecule has 3 atom stereocenters. The molecule has 0 spiro atoms. The molecule has 0 amide bonds. The molecular weight excluding hydrogens is 158 g/mol. The predicted molar refractivity (Wildman–Crippen MR) is 56.7 cm³/mol. The van der Waals surface area contributed by atoms with Crippen LogP contribution in [0.5, 0.6) is 0 Å². The van der Waals surface area contributed by atoms with Crippen molar-refractivity contribution >= 4 is 0 Å². The van der Waals surface area contributed by atoms with E-state index in [4.69, 9.17) is 0 Å². The van der Waals surface area contributed by atoms with Crippen LogP contribution < -0.4 is 0 Å². The van der Waals surface area contributed by atoms with E-state index in [-0.39, 0.29) is 0 Å². The summed E-state index contributed by atoms with van der Waals surface area (Å²) in [5, 5.41) is 0. The molecule has 1 heterocycles. The van der Waals surface area contributed by atoms with Crippen LogP contribution in [-0.4, -0.2) is 24.5 Å². The van der Waals surface area contributed by atoms with E-state index in [1.165, 1.54) is 32.2 Å². The summed E-state index contributed by atoms with van der Waals surface area (Å²) in [4.78, 5) is 2.60. The molecular formula is C12H23N. The highest BCUT2D eigenvalue weighted by Gasteiger charge is 2.37. The first-order chi connectivity index (χ1) is 6.18. The molecule has 3 unspecified atom stereocenters. The predicted octanol–water partition coefficient (Wildman–Crippen LogP) is 2.76. The fraction of sp³-hybridized carbons (Fsp3) is 1.00. The fourth-order valence-electron chi connectivity index (χ4n) is 3.26. The van der Waals surface area contributed by atoms with Gasteiger partial charge in [-0.05, 0) is 57.0 Å². The number of fused-ring (bicyclic) bond motifs is 1. The molecule has 0 aromatic carbocycles. The van der Waals surface area contributed by atoms with Crippen molar-refractivity contribution in [1.82, 2.24) is 4.90 Å². The minimum absolute atomic E-state index is 0.898. The van der Waals surface area contributed by atoms with Crippen molar-refractivity contribution in [2.45, 2.75) is 45.6 Å². The first-order valence-electron chi connectivity index (χ1n) is 5.88. The Balaban J connectivity index is 1.97. The molecule has 2 aliphatic rings. The first kappa shape index (κ1) is 9.51. The summed E-state index contributed by atoms with van der Waals surface area (Å²) < 4.78 is 0. The molecule has 1 aliphatic carbocycles. The standard InChI is InChI=1S/C12H23N/c1-9(2)11-5-4-10-6-7-13(3)12(10)8-11/h9-12H,4-8H2,1-3H3. The minimum Gasteiger partial charge on any atom is -0.303 e. The Morgan fingerprint density at radius 2 is 1.92 bits per heavy atom. The summed E-state index contributed by atoms with van der Waals surface area (Å²) in [6.07, 6.45) is 5.93. The highest BCUT2D eigenvalue weighted by Crippen LogP contribution is 2.40. The second kappa shape index (κ2) is 3.61. The topological polar surface area (TPSA) is 3.24 Å². The zero-order valence-electron chi connectivity index (χ0n) is 9.29. The van der Waals surface area contributed by atoms with Crippen LogP contribution in [0.25, 0.3) is 0 Å². The van der Waals surface area contributed by atoms with Crippen LogP contribution in [0.4, 0.5) is 0 Å². The van der Waals surface area contributed by atoms with Crippen LogP contribution in [0.3, 0.4) is 0 Å². The molecule has 1 heteroatoms. The minimum atomic E-state index is 0.898. The monoisotopic (exact) mass is 181 g/mol. The summed E-state index contributed by atoms with van der Waals surface area (Å²) in [7, 11) is 2.31. The molecule has 0 N–H and O–H groups in total. The van der Waals surface area contributed by atoms with Gasteiger partial charge in [0.05, 0.1) is 0 Å². The molecule has 1 nitrogen and oxygen atoms in total. The Kier molecular flexibility index (Phi) is 2.64. The zero-order valence-corrected chi connectivity index (χ0v) is 9.29. The Labute approximate surface area is 82.5 Å². The number of hydrogen-bond donors (Lipinski definition) is 0. The molecule has 13 heavy (non-hydrogen) atoms. The van der Waals surface area contributed by atoms with Gasteiger partial charge in [-0.3, -0.25) is 0 Å². The van der Waals surface area contributed by atoms with E-state index >= 15 is 0 Å². The van der Waals surface area contributed by atoms with Crippen molar-refractivity contribution in [3.63, 3.8) is 0 Å². The lowest BCUT2D eigenvalue weighted by Crippen LogP contribution is -2.36. The van der Waals surface area contributed by atoms with Gasteiger partial charge in [0.15, 0.2) is 0 Å². The number of nitrogens with zero attached hydrogens (tertiary/aromatic N) is 1. The Morgan fingerprint density at radius 1 is 1.15 bits per heavy atom. The van der Waals surface area contributed by atoms with Gasteiger partial charge in [0.2, 0.25) is 0 Å². The molecule has 0 radical (unpaired) electrons. The van der Waals surface area contributed by atoms with E-state index < -0.39 is 0 Å². The lowest BCUT2D eigenvalue weighted by molar-refractivity contribution is 0.143. The molecule has 2 fully saturated rings. The van der Waals surface area contributed by atoms with Crippen LogP contribution in [0.2, 0.25) is 0 Å². The van der Waals surface area contributed by atoms with Gasteiger partial charge in [0.1, 0.15) is 0 Å². The van der Waals surface area contributed by atoms with Gasteiger partial charge in [-0.2, -0.15) is 0 Å². The Hall–Kier alpha value is -0.0400. The van der Waals surface area contributed by atoms with Crippen molar-refractivity contribution in [3.05, 3.63) is 0 Å². The van der Waals surface area contributed by atoms with Crippen molar-refractivity contribution < 1.29 is 0 Å². The van der Waals surface area contributed by atoms with E-state index in [0.29, 0.717) is 0 Å². The van der Waals surface area contributed by atoms with Gasteiger partial charge in [0.25, 0.3) is 0 Å². The van der Waals surface area contributed by atoms with Crippen LogP contribution in [0.15, 0.2) is 0 Å². The maximum absolute atomic E-state index is 2.60. The van der Waals surface area contributed by atoms with Crippen LogP contribution in [0.1, 0.15) is 39.5 Å². The zero-order chi connectivity index (χ0) is 9.42. The Morgan fingerprint density at radius 3 is 2.62 bits per heavy atom. The van der Waals surface area contributed by atoms with Crippen molar-refractivity contribution in [3.8, 4) is 0 Å². The average molecular weight is 181 g/mol. The lowest BCUT2D eigenvalue weighted by atomic mass is 9.74. The van der Waals surface area contributed by atoms with Crippen LogP contribution in [-0.2, 0) is 0 Å². The highest BCUT2D eigenvalue weighted by atomic mass is 15.2. The normalized spacial score (nSPS) is 41.1. The van der Waals surface area contributed by atoms with Crippen molar-refractivity contribution in [2.24, 2.45) is 17.8 Å². The molecule has 76 valence electrons. The van der Waals surface area contributed by atoms with Crippen molar-refractivity contribution in [1.29, 1.82) is 0 Å². The SMILES string of the molecule is CC(C)C1CCC2CCN(C)C2C1. The van der Waals surface area contributed by atoms with Gasteiger partial charge in [0, 0.05) is 6.04 Å².